The number of allylic oxidation sites excluding steroid dienone is 1. The van der Waals surface area contributed by atoms with E-state index in [1.807, 2.05) is 20.5 Å². The Kier molecular flexibility index (Phi) is 3.50. The molecule has 0 radical (unpaired) electrons. The van der Waals surface area contributed by atoms with Gasteiger partial charge >= 0.3 is 0 Å². The maximum atomic E-state index is 7.28. The lowest BCUT2D eigenvalue weighted by Gasteiger charge is -1.97. The minimum atomic E-state index is -1.02. The van der Waals surface area contributed by atoms with E-state index in [1.54, 1.807) is 0 Å². The van der Waals surface area contributed by atoms with Crippen LogP contribution in [0.15, 0.2) is 10.2 Å². The predicted molar refractivity (Wildman–Crippen MR) is 44.3 cm³/mol. The first kappa shape index (κ1) is 8.32. The van der Waals surface area contributed by atoms with Crippen LogP contribution in [0, 0.1) is 5.16 Å². The molecule has 0 fully saturated rings. The van der Waals surface area contributed by atoms with Gasteiger partial charge in [0.15, 0.2) is 0 Å². The minimum Gasteiger partial charge on any atom is -0.317 e. The summed E-state index contributed by atoms with van der Waals surface area (Å²) in [6, 6.07) is 0. The molecule has 0 saturated carbocycles. The van der Waals surface area contributed by atoms with Gasteiger partial charge in [-0.3, -0.25) is 0 Å². The first-order valence-electron chi connectivity index (χ1n) is 2.47. The van der Waals surface area contributed by atoms with Crippen molar-refractivity contribution < 1.29 is 0 Å². The van der Waals surface area contributed by atoms with Crippen molar-refractivity contribution in [1.29, 1.82) is 5.16 Å². The molecule has 0 aromatic carbocycles. The summed E-state index contributed by atoms with van der Waals surface area (Å²) in [6.45, 7) is 5.90. The molecule has 1 N–H and O–H groups in total. The Hall–Kier alpha value is 0.320. The average Bonchev–Trinajstić information content (AvgIpc) is 1.64. The second-order valence-electron chi connectivity index (χ2n) is 1.97. The minimum absolute atomic E-state index is 0.981. The van der Waals surface area contributed by atoms with E-state index in [-0.39, 0.29) is 0 Å². The van der Waals surface area contributed by atoms with E-state index in [4.69, 9.17) is 5.16 Å². The highest BCUT2D eigenvalue weighted by molar-refractivity contribution is 7.93. The molecule has 0 spiro atoms. The zero-order valence-corrected chi connectivity index (χ0v) is 7.34. The summed E-state index contributed by atoms with van der Waals surface area (Å²) in [7, 11) is -1.02. The van der Waals surface area contributed by atoms with Gasteiger partial charge in [0.25, 0.3) is 0 Å². The maximum absolute atomic E-state index is 7.28. The molecule has 1 atom stereocenters. The molecular formula is C5H12NPS. The summed E-state index contributed by atoms with van der Waals surface area (Å²) < 4.78 is 0.981. The van der Waals surface area contributed by atoms with Gasteiger partial charge in [-0.15, -0.1) is 12.6 Å². The van der Waals surface area contributed by atoms with Crippen LogP contribution in [0.2, 0.25) is 0 Å². The van der Waals surface area contributed by atoms with E-state index in [0.717, 1.165) is 4.65 Å². The summed E-state index contributed by atoms with van der Waals surface area (Å²) in [5, 5.41) is 7.28. The second-order valence-corrected chi connectivity index (χ2v) is 4.59. The van der Waals surface area contributed by atoms with Crippen molar-refractivity contribution in [3.05, 3.63) is 10.2 Å². The number of rotatable bonds is 1. The van der Waals surface area contributed by atoms with E-state index in [9.17, 15) is 0 Å². The van der Waals surface area contributed by atoms with Crippen molar-refractivity contribution in [1.82, 2.24) is 0 Å². The highest BCUT2D eigenvalue weighted by Crippen LogP contribution is 2.33. The highest BCUT2D eigenvalue weighted by atomic mass is 32.1. The first-order chi connectivity index (χ1) is 3.55. The van der Waals surface area contributed by atoms with Crippen molar-refractivity contribution in [2.75, 3.05) is 6.66 Å². The zero-order chi connectivity index (χ0) is 6.73. The van der Waals surface area contributed by atoms with Crippen LogP contribution in [-0.4, -0.2) is 6.66 Å². The van der Waals surface area contributed by atoms with Gasteiger partial charge in [0, 0.05) is 4.65 Å². The molecule has 8 heavy (non-hydrogen) atoms. The van der Waals surface area contributed by atoms with E-state index < -0.39 is 7.71 Å². The Labute approximate surface area is 56.9 Å². The molecule has 3 heteroatoms. The summed E-state index contributed by atoms with van der Waals surface area (Å²) >= 11 is 4.16. The molecule has 0 saturated heterocycles. The smallest absolute Gasteiger partial charge is 0.0170 e. The molecule has 0 aromatic rings. The van der Waals surface area contributed by atoms with Crippen LogP contribution in [-0.2, 0) is 0 Å². The normalized spacial score (nSPS) is 13.0. The topological polar surface area (TPSA) is 23.9 Å². The van der Waals surface area contributed by atoms with E-state index in [2.05, 4.69) is 12.6 Å². The Morgan fingerprint density at radius 3 is 1.88 bits per heavy atom. The van der Waals surface area contributed by atoms with Gasteiger partial charge in [0.05, 0.1) is 0 Å². The fraction of sp³-hybridized carbons (Fsp3) is 0.600. The van der Waals surface area contributed by atoms with Crippen LogP contribution in [0.3, 0.4) is 0 Å². The van der Waals surface area contributed by atoms with Crippen LogP contribution in [0.4, 0.5) is 0 Å². The quantitative estimate of drug-likeness (QED) is 0.423. The Morgan fingerprint density at radius 1 is 1.50 bits per heavy atom. The van der Waals surface area contributed by atoms with Gasteiger partial charge < -0.3 is 5.16 Å². The third kappa shape index (κ3) is 2.58. The molecule has 0 aliphatic heterocycles. The molecule has 0 amide bonds. The monoisotopic (exact) mass is 149 g/mol. The SMILES string of the molecule is CC(C)=C(S)[PH](C)=N. The van der Waals surface area contributed by atoms with Gasteiger partial charge in [-0.25, -0.2) is 0 Å². The summed E-state index contributed by atoms with van der Waals surface area (Å²) in [4.78, 5) is 0. The summed E-state index contributed by atoms with van der Waals surface area (Å²) in [6.07, 6.45) is 0. The molecule has 0 bridgehead atoms. The van der Waals surface area contributed by atoms with Crippen LogP contribution in [0.5, 0.6) is 0 Å². The van der Waals surface area contributed by atoms with Crippen LogP contribution >= 0.6 is 20.3 Å². The van der Waals surface area contributed by atoms with Gasteiger partial charge in [0.2, 0.25) is 0 Å². The van der Waals surface area contributed by atoms with Gasteiger partial charge in [-0.05, 0) is 28.2 Å². The lowest BCUT2D eigenvalue weighted by molar-refractivity contribution is 1.40. The molecule has 0 aliphatic rings. The Morgan fingerprint density at radius 2 is 1.88 bits per heavy atom. The molecule has 48 valence electrons. The fourth-order valence-electron chi connectivity index (χ4n) is 0.375. The van der Waals surface area contributed by atoms with E-state index in [0.29, 0.717) is 0 Å². The van der Waals surface area contributed by atoms with Crippen molar-refractivity contribution in [2.24, 2.45) is 0 Å². The molecular weight excluding hydrogens is 137 g/mol. The second kappa shape index (κ2) is 3.37. The molecule has 0 rings (SSSR count). The standard InChI is InChI=1S/C5H12NPS/c1-4(2)5(8)7(3)6/h6-8H,1-3H3. The Bertz CT molecular complexity index is 135. The third-order valence-electron chi connectivity index (χ3n) is 0.829. The van der Waals surface area contributed by atoms with Crippen molar-refractivity contribution in [2.45, 2.75) is 13.8 Å². The highest BCUT2D eigenvalue weighted by Gasteiger charge is 1.90. The van der Waals surface area contributed by atoms with Gasteiger partial charge in [-0.2, -0.15) is 0 Å². The summed E-state index contributed by atoms with van der Waals surface area (Å²) in [5.74, 6) is 0. The van der Waals surface area contributed by atoms with Crippen LogP contribution in [0.1, 0.15) is 13.8 Å². The summed E-state index contributed by atoms with van der Waals surface area (Å²) in [5.41, 5.74) is 1.18. The molecule has 0 aliphatic carbocycles. The van der Waals surface area contributed by atoms with E-state index in [1.165, 1.54) is 5.57 Å². The van der Waals surface area contributed by atoms with Crippen LogP contribution in [0.25, 0.3) is 0 Å². The molecule has 1 nitrogen and oxygen atoms in total. The third-order valence-corrected chi connectivity index (χ3v) is 3.49. The Balaban J connectivity index is 4.23. The maximum Gasteiger partial charge on any atom is 0.0170 e. The number of thiol groups is 1. The molecule has 1 unspecified atom stereocenters. The number of hydrogen-bond acceptors (Lipinski definition) is 2. The fourth-order valence-corrected chi connectivity index (χ4v) is 1.12. The lowest BCUT2D eigenvalue weighted by Crippen LogP contribution is -1.65. The number of nitrogens with one attached hydrogen (secondary N) is 1. The largest absolute Gasteiger partial charge is 0.317 e. The van der Waals surface area contributed by atoms with Crippen molar-refractivity contribution >= 4 is 20.3 Å². The average molecular weight is 149 g/mol. The predicted octanol–water partition coefficient (Wildman–Crippen LogP) is 2.77. The van der Waals surface area contributed by atoms with Crippen molar-refractivity contribution in [3.63, 3.8) is 0 Å². The lowest BCUT2D eigenvalue weighted by atomic mass is 10.4. The van der Waals surface area contributed by atoms with Crippen molar-refractivity contribution in [3.8, 4) is 0 Å². The molecule has 0 aromatic heterocycles. The van der Waals surface area contributed by atoms with Crippen LogP contribution < -0.4 is 0 Å². The van der Waals surface area contributed by atoms with Gasteiger partial charge in [0.1, 0.15) is 0 Å². The first-order valence-corrected chi connectivity index (χ1v) is 4.92. The number of hydrogen-bond donors (Lipinski definition) is 2. The zero-order valence-electron chi connectivity index (χ0n) is 5.45. The van der Waals surface area contributed by atoms with E-state index >= 15 is 0 Å². The van der Waals surface area contributed by atoms with Gasteiger partial charge in [-0.1, -0.05) is 5.57 Å². The molecule has 0 heterocycles.